The van der Waals surface area contributed by atoms with E-state index in [1.165, 1.54) is 12.1 Å². The first-order chi connectivity index (χ1) is 10.7. The third-order valence-electron chi connectivity index (χ3n) is 4.24. The summed E-state index contributed by atoms with van der Waals surface area (Å²) in [6, 6.07) is 4.54. The Morgan fingerprint density at radius 3 is 2.35 bits per heavy atom. The van der Waals surface area contributed by atoms with Gasteiger partial charge < -0.3 is 10.6 Å². The van der Waals surface area contributed by atoms with Gasteiger partial charge in [-0.15, -0.1) is 0 Å². The average Bonchev–Trinajstić information content (AvgIpc) is 2.47. The Kier molecular flexibility index (Phi) is 4.97. The molecule has 126 valence electrons. The average molecular weight is 328 g/mol. The number of halogens is 3. The van der Waals surface area contributed by atoms with Crippen LogP contribution in [-0.2, 0) is 22.2 Å². The molecule has 1 aromatic rings. The van der Waals surface area contributed by atoms with Gasteiger partial charge >= 0.3 is 6.18 Å². The quantitative estimate of drug-likeness (QED) is 0.926. The molecule has 0 radical (unpaired) electrons. The highest BCUT2D eigenvalue weighted by Crippen LogP contribution is 2.29. The van der Waals surface area contributed by atoms with Crippen LogP contribution in [0.2, 0.25) is 0 Å². The Morgan fingerprint density at radius 2 is 1.83 bits per heavy atom. The van der Waals surface area contributed by atoms with E-state index < -0.39 is 17.6 Å². The minimum atomic E-state index is -4.39. The minimum Gasteiger partial charge on any atom is -0.369 e. The van der Waals surface area contributed by atoms with Crippen molar-refractivity contribution in [3.05, 3.63) is 35.4 Å². The molecule has 0 bridgehead atoms. The molecule has 1 saturated heterocycles. The summed E-state index contributed by atoms with van der Waals surface area (Å²) in [6.07, 6.45) is -3.04. The molecule has 0 aromatic heterocycles. The summed E-state index contributed by atoms with van der Waals surface area (Å²) in [5.74, 6) is -0.991. The molecule has 0 spiro atoms. The highest BCUT2D eigenvalue weighted by Gasteiger charge is 2.32. The van der Waals surface area contributed by atoms with Crippen molar-refractivity contribution >= 4 is 11.8 Å². The summed E-state index contributed by atoms with van der Waals surface area (Å²) < 4.78 is 37.6. The predicted octanol–water partition coefficient (Wildman–Crippen LogP) is 2.36. The zero-order valence-electron chi connectivity index (χ0n) is 12.8. The SMILES string of the molecule is C[C@H]1CC[C@@H](C(N)=O)CN1C(=O)Cc1ccc(C(F)(F)F)cc1. The van der Waals surface area contributed by atoms with E-state index in [2.05, 4.69) is 0 Å². The molecular weight excluding hydrogens is 309 g/mol. The maximum Gasteiger partial charge on any atom is 0.416 e. The fourth-order valence-electron chi connectivity index (χ4n) is 2.77. The summed E-state index contributed by atoms with van der Waals surface area (Å²) in [6.45, 7) is 2.16. The Labute approximate surface area is 132 Å². The second-order valence-corrected chi connectivity index (χ2v) is 5.94. The van der Waals surface area contributed by atoms with E-state index in [0.29, 0.717) is 18.4 Å². The van der Waals surface area contributed by atoms with Crippen molar-refractivity contribution in [2.45, 2.75) is 38.4 Å². The number of amides is 2. The Balaban J connectivity index is 2.04. The summed E-state index contributed by atoms with van der Waals surface area (Å²) in [5, 5.41) is 0. The number of carbonyl (C=O) groups excluding carboxylic acids is 2. The summed E-state index contributed by atoms with van der Waals surface area (Å²) in [7, 11) is 0. The minimum absolute atomic E-state index is 0.00690. The van der Waals surface area contributed by atoms with Crippen molar-refractivity contribution in [3.8, 4) is 0 Å². The number of likely N-dealkylation sites (tertiary alicyclic amines) is 1. The van der Waals surface area contributed by atoms with Crippen LogP contribution in [0, 0.1) is 5.92 Å². The van der Waals surface area contributed by atoms with Crippen molar-refractivity contribution in [3.63, 3.8) is 0 Å². The van der Waals surface area contributed by atoms with Gasteiger partial charge in [0.15, 0.2) is 0 Å². The number of nitrogens with zero attached hydrogens (tertiary/aromatic N) is 1. The van der Waals surface area contributed by atoms with E-state index >= 15 is 0 Å². The number of piperidine rings is 1. The standard InChI is InChI=1S/C16H19F3N2O2/c1-10-2-5-12(15(20)23)9-21(10)14(22)8-11-3-6-13(7-4-11)16(17,18)19/h3-4,6-7,10,12H,2,5,8-9H2,1H3,(H2,20,23)/t10-,12+/m0/s1. The monoisotopic (exact) mass is 328 g/mol. The van der Waals surface area contributed by atoms with Crippen LogP contribution in [0.5, 0.6) is 0 Å². The van der Waals surface area contributed by atoms with Gasteiger partial charge in [0.05, 0.1) is 17.9 Å². The van der Waals surface area contributed by atoms with E-state index in [9.17, 15) is 22.8 Å². The van der Waals surface area contributed by atoms with Crippen LogP contribution in [0.25, 0.3) is 0 Å². The van der Waals surface area contributed by atoms with Crippen LogP contribution >= 0.6 is 0 Å². The molecule has 4 nitrogen and oxygen atoms in total. The Morgan fingerprint density at radius 1 is 1.22 bits per heavy atom. The molecule has 2 N–H and O–H groups in total. The predicted molar refractivity (Wildman–Crippen MR) is 78.2 cm³/mol. The van der Waals surface area contributed by atoms with E-state index in [1.54, 1.807) is 4.90 Å². The van der Waals surface area contributed by atoms with Crippen molar-refractivity contribution in [1.29, 1.82) is 0 Å². The van der Waals surface area contributed by atoms with Crippen molar-refractivity contribution in [1.82, 2.24) is 4.90 Å². The number of rotatable bonds is 3. The first-order valence-corrected chi connectivity index (χ1v) is 7.43. The molecule has 2 atom stereocenters. The molecule has 1 aliphatic heterocycles. The molecule has 2 amide bonds. The normalized spacial score (nSPS) is 22.0. The molecule has 1 heterocycles. The Bertz CT molecular complexity index is 584. The zero-order chi connectivity index (χ0) is 17.2. The molecular formula is C16H19F3N2O2. The molecule has 2 rings (SSSR count). The lowest BCUT2D eigenvalue weighted by molar-refractivity contribution is -0.138. The number of carbonyl (C=O) groups is 2. The van der Waals surface area contributed by atoms with Crippen LogP contribution in [-0.4, -0.2) is 29.3 Å². The summed E-state index contributed by atoms with van der Waals surface area (Å²) in [5.41, 5.74) is 5.07. The number of nitrogens with two attached hydrogens (primary N) is 1. The molecule has 1 aliphatic rings. The van der Waals surface area contributed by atoms with E-state index in [4.69, 9.17) is 5.73 Å². The number of alkyl halides is 3. The van der Waals surface area contributed by atoms with Crippen LogP contribution < -0.4 is 5.73 Å². The second kappa shape index (κ2) is 6.60. The van der Waals surface area contributed by atoms with Crippen molar-refractivity contribution in [2.75, 3.05) is 6.54 Å². The van der Waals surface area contributed by atoms with Gasteiger partial charge in [-0.2, -0.15) is 13.2 Å². The lowest BCUT2D eigenvalue weighted by Crippen LogP contribution is -2.49. The van der Waals surface area contributed by atoms with Gasteiger partial charge in [0.1, 0.15) is 0 Å². The summed E-state index contributed by atoms with van der Waals surface area (Å²) >= 11 is 0. The smallest absolute Gasteiger partial charge is 0.369 e. The first-order valence-electron chi connectivity index (χ1n) is 7.43. The van der Waals surface area contributed by atoms with Gasteiger partial charge in [-0.1, -0.05) is 12.1 Å². The van der Waals surface area contributed by atoms with E-state index in [1.807, 2.05) is 6.92 Å². The van der Waals surface area contributed by atoms with Gasteiger partial charge in [-0.05, 0) is 37.5 Å². The van der Waals surface area contributed by atoms with Crippen LogP contribution in [0.3, 0.4) is 0 Å². The maximum absolute atomic E-state index is 12.5. The topological polar surface area (TPSA) is 63.4 Å². The lowest BCUT2D eigenvalue weighted by atomic mass is 9.92. The molecule has 23 heavy (non-hydrogen) atoms. The van der Waals surface area contributed by atoms with Crippen LogP contribution in [0.1, 0.15) is 30.9 Å². The van der Waals surface area contributed by atoms with E-state index in [-0.39, 0.29) is 30.8 Å². The van der Waals surface area contributed by atoms with Crippen LogP contribution in [0.15, 0.2) is 24.3 Å². The highest BCUT2D eigenvalue weighted by molar-refractivity contribution is 5.81. The maximum atomic E-state index is 12.5. The van der Waals surface area contributed by atoms with Crippen molar-refractivity contribution in [2.24, 2.45) is 11.7 Å². The number of primary amides is 1. The van der Waals surface area contributed by atoms with Crippen molar-refractivity contribution < 1.29 is 22.8 Å². The molecule has 1 aromatic carbocycles. The van der Waals surface area contributed by atoms with Gasteiger partial charge in [0.2, 0.25) is 11.8 Å². The molecule has 0 saturated carbocycles. The zero-order valence-corrected chi connectivity index (χ0v) is 12.8. The third-order valence-corrected chi connectivity index (χ3v) is 4.24. The fraction of sp³-hybridized carbons (Fsp3) is 0.500. The molecule has 0 aliphatic carbocycles. The van der Waals surface area contributed by atoms with Gasteiger partial charge in [0.25, 0.3) is 0 Å². The highest BCUT2D eigenvalue weighted by atomic mass is 19.4. The van der Waals surface area contributed by atoms with Gasteiger partial charge in [-0.25, -0.2) is 0 Å². The summed E-state index contributed by atoms with van der Waals surface area (Å²) in [4.78, 5) is 25.3. The first kappa shape index (κ1) is 17.3. The van der Waals surface area contributed by atoms with Gasteiger partial charge in [0, 0.05) is 12.6 Å². The molecule has 7 heteroatoms. The van der Waals surface area contributed by atoms with Crippen LogP contribution in [0.4, 0.5) is 13.2 Å². The lowest BCUT2D eigenvalue weighted by Gasteiger charge is -2.37. The largest absolute Gasteiger partial charge is 0.416 e. The number of benzene rings is 1. The second-order valence-electron chi connectivity index (χ2n) is 5.94. The molecule has 1 fully saturated rings. The number of hydrogen-bond donors (Lipinski definition) is 1. The van der Waals surface area contributed by atoms with E-state index in [0.717, 1.165) is 12.1 Å². The number of hydrogen-bond acceptors (Lipinski definition) is 2. The Hall–Kier alpha value is -2.05. The van der Waals surface area contributed by atoms with Gasteiger partial charge in [-0.3, -0.25) is 9.59 Å². The molecule has 0 unspecified atom stereocenters. The fourth-order valence-corrected chi connectivity index (χ4v) is 2.77. The third kappa shape index (κ3) is 4.24.